The van der Waals surface area contributed by atoms with Crippen molar-refractivity contribution < 1.29 is 29.0 Å². The number of carbonyl (C=O) groups is 1. The molecule has 1 aromatic heterocycles. The molecular weight excluding hydrogens is 450 g/mol. The average molecular weight is 474 g/mol. The highest BCUT2D eigenvalue weighted by molar-refractivity contribution is 6.32. The van der Waals surface area contributed by atoms with Crippen molar-refractivity contribution in [1.29, 1.82) is 0 Å². The number of benzene rings is 2. The van der Waals surface area contributed by atoms with E-state index >= 15 is 0 Å². The van der Waals surface area contributed by atoms with E-state index in [1.807, 2.05) is 24.3 Å². The molecule has 3 aromatic rings. The van der Waals surface area contributed by atoms with Crippen LogP contribution in [0.5, 0.6) is 17.4 Å². The molecule has 174 valence electrons. The number of nitrogens with one attached hydrogen (secondary N) is 1. The first-order valence-corrected chi connectivity index (χ1v) is 10.9. The van der Waals surface area contributed by atoms with Crippen molar-refractivity contribution in [2.24, 2.45) is 0 Å². The third-order valence-corrected chi connectivity index (χ3v) is 5.54. The van der Waals surface area contributed by atoms with E-state index in [2.05, 4.69) is 15.4 Å². The lowest BCUT2D eigenvalue weighted by Crippen LogP contribution is -2.35. The Morgan fingerprint density at radius 1 is 1.18 bits per heavy atom. The lowest BCUT2D eigenvalue weighted by molar-refractivity contribution is 0.0342. The van der Waals surface area contributed by atoms with Gasteiger partial charge in [-0.2, -0.15) is 0 Å². The monoisotopic (exact) mass is 473 g/mol. The third-order valence-electron chi connectivity index (χ3n) is 5.24. The van der Waals surface area contributed by atoms with E-state index in [4.69, 9.17) is 25.6 Å². The summed E-state index contributed by atoms with van der Waals surface area (Å²) in [6.07, 6.45) is -0.696. The first-order chi connectivity index (χ1) is 16.0. The molecule has 0 radical (unpaired) electrons. The zero-order valence-corrected chi connectivity index (χ0v) is 18.8. The predicted octanol–water partition coefficient (Wildman–Crippen LogP) is 4.01. The smallest absolute Gasteiger partial charge is 0.415 e. The van der Waals surface area contributed by atoms with Gasteiger partial charge in [0.15, 0.2) is 0 Å². The second kappa shape index (κ2) is 10.1. The number of hydrogen-bond acceptors (Lipinski definition) is 8. The normalized spacial score (nSPS) is 14.2. The first-order valence-electron chi connectivity index (χ1n) is 10.5. The number of morpholine rings is 1. The summed E-state index contributed by atoms with van der Waals surface area (Å²) in [4.78, 5) is 14.4. The fraction of sp³-hybridized carbons (Fsp3) is 0.304. The Balaban J connectivity index is 1.71. The molecule has 10 heteroatoms. The molecule has 1 amide bonds. The molecule has 0 atom stereocenters. The van der Waals surface area contributed by atoms with E-state index in [-0.39, 0.29) is 33.7 Å². The lowest BCUT2D eigenvalue weighted by Gasteiger charge is -2.26. The number of amides is 1. The summed E-state index contributed by atoms with van der Waals surface area (Å²) < 4.78 is 16.0. The van der Waals surface area contributed by atoms with E-state index < -0.39 is 6.09 Å². The third kappa shape index (κ3) is 5.22. The summed E-state index contributed by atoms with van der Waals surface area (Å²) in [5.74, 6) is -0.644. The van der Waals surface area contributed by atoms with Crippen molar-refractivity contribution in [2.45, 2.75) is 13.5 Å². The molecule has 9 nitrogen and oxygen atoms in total. The van der Waals surface area contributed by atoms with Gasteiger partial charge < -0.3 is 29.5 Å². The average Bonchev–Trinajstić information content (AvgIpc) is 3.20. The maximum atomic E-state index is 12.0. The summed E-state index contributed by atoms with van der Waals surface area (Å²) in [6, 6.07) is 10.2. The van der Waals surface area contributed by atoms with E-state index in [9.17, 15) is 15.0 Å². The van der Waals surface area contributed by atoms with Crippen LogP contribution in [0.25, 0.3) is 22.4 Å². The van der Waals surface area contributed by atoms with Crippen LogP contribution in [0.4, 0.5) is 4.79 Å². The summed E-state index contributed by atoms with van der Waals surface area (Å²) in [5.41, 5.74) is 2.59. The second-order valence-corrected chi connectivity index (χ2v) is 7.93. The number of aromatic hydroxyl groups is 2. The van der Waals surface area contributed by atoms with E-state index in [1.165, 1.54) is 6.07 Å². The fourth-order valence-electron chi connectivity index (χ4n) is 3.58. The molecule has 0 saturated carbocycles. The van der Waals surface area contributed by atoms with Gasteiger partial charge >= 0.3 is 12.0 Å². The second-order valence-electron chi connectivity index (χ2n) is 7.52. The molecule has 0 bridgehead atoms. The molecule has 1 saturated heterocycles. The standard InChI is InChI=1S/C23H24ClN3O6/c1-2-25-23(30)32-22-20(21(26-33-22)16-11-17(24)19(29)12-18(16)28)15-5-3-14(4-6-15)13-27-7-9-31-10-8-27/h3-6,11-12,28-29H,2,7-10,13H2,1H3,(H,25,30). The molecule has 33 heavy (non-hydrogen) atoms. The van der Waals surface area contributed by atoms with Crippen molar-refractivity contribution >= 4 is 17.7 Å². The molecule has 1 fully saturated rings. The number of aromatic nitrogens is 1. The van der Waals surface area contributed by atoms with Crippen LogP contribution in [0.2, 0.25) is 5.02 Å². The molecule has 2 aromatic carbocycles. The van der Waals surface area contributed by atoms with Gasteiger partial charge in [-0.25, -0.2) is 4.79 Å². The molecule has 0 unspecified atom stereocenters. The van der Waals surface area contributed by atoms with Crippen LogP contribution < -0.4 is 10.1 Å². The number of phenols is 2. The minimum atomic E-state index is -0.696. The van der Waals surface area contributed by atoms with E-state index in [0.29, 0.717) is 17.7 Å². The zero-order valence-electron chi connectivity index (χ0n) is 18.0. The predicted molar refractivity (Wildman–Crippen MR) is 122 cm³/mol. The number of carbonyl (C=O) groups excluding carboxylic acids is 1. The maximum Gasteiger partial charge on any atom is 0.415 e. The van der Waals surface area contributed by atoms with Gasteiger partial charge in [-0.15, -0.1) is 0 Å². The molecule has 0 spiro atoms. The van der Waals surface area contributed by atoms with Crippen molar-refractivity contribution in [1.82, 2.24) is 15.4 Å². The van der Waals surface area contributed by atoms with Gasteiger partial charge in [0.2, 0.25) is 0 Å². The van der Waals surface area contributed by atoms with Crippen molar-refractivity contribution in [3.8, 4) is 39.8 Å². The van der Waals surface area contributed by atoms with Crippen LogP contribution in [0.3, 0.4) is 0 Å². The Kier molecular flexibility index (Phi) is 7.02. The summed E-state index contributed by atoms with van der Waals surface area (Å²) in [7, 11) is 0. The summed E-state index contributed by atoms with van der Waals surface area (Å²) >= 11 is 6.05. The van der Waals surface area contributed by atoms with Gasteiger partial charge in [0.25, 0.3) is 0 Å². The van der Waals surface area contributed by atoms with Crippen molar-refractivity contribution in [3.05, 3.63) is 47.0 Å². The number of rotatable bonds is 6. The lowest BCUT2D eigenvalue weighted by atomic mass is 9.99. The van der Waals surface area contributed by atoms with Crippen molar-refractivity contribution in [3.63, 3.8) is 0 Å². The van der Waals surface area contributed by atoms with Crippen LogP contribution in [0, 0.1) is 0 Å². The number of phenolic OH excluding ortho intramolecular Hbond substituents is 2. The van der Waals surface area contributed by atoms with Crippen LogP contribution in [0.15, 0.2) is 40.9 Å². The van der Waals surface area contributed by atoms with E-state index in [0.717, 1.165) is 44.5 Å². The topological polar surface area (TPSA) is 117 Å². The Morgan fingerprint density at radius 3 is 2.61 bits per heavy atom. The minimum absolute atomic E-state index is 0.0313. The Hall–Kier alpha value is -3.27. The summed E-state index contributed by atoms with van der Waals surface area (Å²) in [5, 5.41) is 26.8. The molecule has 1 aliphatic rings. The van der Waals surface area contributed by atoms with Crippen LogP contribution in [-0.4, -0.2) is 59.2 Å². The van der Waals surface area contributed by atoms with Crippen molar-refractivity contribution in [2.75, 3.05) is 32.8 Å². The highest BCUT2D eigenvalue weighted by atomic mass is 35.5. The number of nitrogens with zero attached hydrogens (tertiary/aromatic N) is 2. The Bertz CT molecular complexity index is 1130. The minimum Gasteiger partial charge on any atom is -0.507 e. The van der Waals surface area contributed by atoms with Gasteiger partial charge in [-0.1, -0.05) is 41.0 Å². The highest BCUT2D eigenvalue weighted by Crippen LogP contribution is 2.44. The van der Waals surface area contributed by atoms with Gasteiger partial charge in [0, 0.05) is 37.8 Å². The fourth-order valence-corrected chi connectivity index (χ4v) is 3.75. The quantitative estimate of drug-likeness (QED) is 0.491. The zero-order chi connectivity index (χ0) is 23.4. The van der Waals surface area contributed by atoms with Crippen LogP contribution in [-0.2, 0) is 11.3 Å². The van der Waals surface area contributed by atoms with Gasteiger partial charge in [0.1, 0.15) is 17.2 Å². The van der Waals surface area contributed by atoms with Gasteiger partial charge in [-0.05, 0) is 24.1 Å². The molecule has 2 heterocycles. The molecular formula is C23H24ClN3O6. The van der Waals surface area contributed by atoms with Crippen LogP contribution in [0.1, 0.15) is 12.5 Å². The van der Waals surface area contributed by atoms with E-state index in [1.54, 1.807) is 6.92 Å². The molecule has 1 aliphatic heterocycles. The maximum absolute atomic E-state index is 12.0. The first kappa shape index (κ1) is 22.9. The number of halogens is 1. The van der Waals surface area contributed by atoms with Gasteiger partial charge in [-0.3, -0.25) is 4.90 Å². The summed E-state index contributed by atoms with van der Waals surface area (Å²) in [6.45, 7) is 6.13. The van der Waals surface area contributed by atoms with Gasteiger partial charge in [0.05, 0.1) is 23.8 Å². The SMILES string of the molecule is CCNC(=O)Oc1onc(-c2cc(Cl)c(O)cc2O)c1-c1ccc(CN2CCOCC2)cc1. The Labute approximate surface area is 195 Å². The molecule has 0 aliphatic carbocycles. The Morgan fingerprint density at radius 2 is 1.91 bits per heavy atom. The highest BCUT2D eigenvalue weighted by Gasteiger charge is 2.25. The number of hydrogen-bond donors (Lipinski definition) is 3. The molecule has 4 rings (SSSR count). The largest absolute Gasteiger partial charge is 0.507 e. The molecule has 3 N–H and O–H groups in total. The number of ether oxygens (including phenoxy) is 2. The van der Waals surface area contributed by atoms with Crippen LogP contribution >= 0.6 is 11.6 Å².